The van der Waals surface area contributed by atoms with Crippen molar-refractivity contribution in [3.63, 3.8) is 0 Å². The van der Waals surface area contributed by atoms with Crippen LogP contribution in [0, 0.1) is 0 Å². The molecule has 2 aliphatic heterocycles. The van der Waals surface area contributed by atoms with E-state index >= 15 is 0 Å². The molecule has 3 heterocycles. The molecule has 2 aromatic rings. The Labute approximate surface area is 147 Å². The molecule has 3 heteroatoms. The SMILES string of the molecule is CC1CCC(C)P1c1cccc2scc(P3C(C)CCC3C)c12. The lowest BCUT2D eigenvalue weighted by Gasteiger charge is -2.26. The van der Waals surface area contributed by atoms with Crippen molar-refractivity contribution < 1.29 is 0 Å². The average Bonchev–Trinajstić information content (AvgIpc) is 3.18. The standard InChI is InChI=1S/C20H28P2S/c1-13-8-9-14(2)21(13)17-6-5-7-19-20(17)18(12-23-19)22-15(3)10-11-16(22)4/h5-7,12-16H,8-11H2,1-4H3. The second-order valence-electron chi connectivity index (χ2n) is 7.64. The third-order valence-corrected chi connectivity index (χ3v) is 13.8. The lowest BCUT2D eigenvalue weighted by molar-refractivity contribution is 0.777. The summed E-state index contributed by atoms with van der Waals surface area (Å²) in [6.45, 7) is 10.0. The first-order chi connectivity index (χ1) is 11.1. The molecule has 0 saturated carbocycles. The third kappa shape index (κ3) is 2.72. The molecule has 4 unspecified atom stereocenters. The summed E-state index contributed by atoms with van der Waals surface area (Å²) in [7, 11) is 0.0574. The second-order valence-corrected chi connectivity index (χ2v) is 14.7. The normalized spacial score (nSPS) is 37.7. The zero-order valence-electron chi connectivity index (χ0n) is 14.7. The highest BCUT2D eigenvalue weighted by Crippen LogP contribution is 2.58. The predicted molar refractivity (Wildman–Crippen MR) is 111 cm³/mol. The van der Waals surface area contributed by atoms with Crippen LogP contribution in [0.4, 0.5) is 0 Å². The zero-order valence-corrected chi connectivity index (χ0v) is 17.4. The van der Waals surface area contributed by atoms with E-state index in [4.69, 9.17) is 0 Å². The summed E-state index contributed by atoms with van der Waals surface area (Å²) < 4.78 is 1.56. The monoisotopic (exact) mass is 362 g/mol. The largest absolute Gasteiger partial charge is 0.143 e. The molecule has 0 bridgehead atoms. The van der Waals surface area contributed by atoms with Gasteiger partial charge in [-0.05, 0) is 70.4 Å². The molecule has 0 N–H and O–H groups in total. The van der Waals surface area contributed by atoms with E-state index in [2.05, 4.69) is 51.3 Å². The van der Waals surface area contributed by atoms with Gasteiger partial charge in [0, 0.05) is 10.1 Å². The molecule has 0 radical (unpaired) electrons. The van der Waals surface area contributed by atoms with Crippen molar-refractivity contribution in [3.05, 3.63) is 23.6 Å². The summed E-state index contributed by atoms with van der Waals surface area (Å²) in [5, 5.41) is 7.76. The van der Waals surface area contributed by atoms with Gasteiger partial charge in [-0.3, -0.25) is 0 Å². The highest BCUT2D eigenvalue weighted by molar-refractivity contribution is 7.70. The summed E-state index contributed by atoms with van der Waals surface area (Å²) in [6, 6.07) is 7.19. The van der Waals surface area contributed by atoms with E-state index in [1.165, 1.54) is 25.7 Å². The van der Waals surface area contributed by atoms with Crippen LogP contribution in [-0.4, -0.2) is 22.6 Å². The Morgan fingerprint density at radius 1 is 0.783 bits per heavy atom. The van der Waals surface area contributed by atoms with E-state index in [-0.39, 0.29) is 15.8 Å². The lowest BCUT2D eigenvalue weighted by Crippen LogP contribution is -2.18. The maximum atomic E-state index is 2.54. The van der Waals surface area contributed by atoms with Crippen LogP contribution in [0.3, 0.4) is 0 Å². The van der Waals surface area contributed by atoms with E-state index in [1.54, 1.807) is 20.7 Å². The fraction of sp³-hybridized carbons (Fsp3) is 0.600. The Balaban J connectivity index is 1.87. The quantitative estimate of drug-likeness (QED) is 0.553. The molecule has 1 aromatic heterocycles. The predicted octanol–water partition coefficient (Wildman–Crippen LogP) is 6.26. The van der Waals surface area contributed by atoms with Crippen LogP contribution in [0.25, 0.3) is 10.1 Å². The summed E-state index contributed by atoms with van der Waals surface area (Å²) in [5.41, 5.74) is 3.64. The van der Waals surface area contributed by atoms with Gasteiger partial charge >= 0.3 is 0 Å². The molecule has 1 aromatic carbocycles. The summed E-state index contributed by atoms with van der Waals surface area (Å²) in [5.74, 6) is 0. The van der Waals surface area contributed by atoms with Crippen LogP contribution in [-0.2, 0) is 0 Å². The van der Waals surface area contributed by atoms with Crippen LogP contribution in [0.1, 0.15) is 53.4 Å². The van der Waals surface area contributed by atoms with Gasteiger partial charge in [0.25, 0.3) is 0 Å². The third-order valence-electron chi connectivity index (χ3n) is 6.02. The van der Waals surface area contributed by atoms with Gasteiger partial charge in [0.1, 0.15) is 0 Å². The highest BCUT2D eigenvalue weighted by Gasteiger charge is 2.36. The van der Waals surface area contributed by atoms with Crippen molar-refractivity contribution in [1.82, 2.24) is 0 Å². The second kappa shape index (κ2) is 6.40. The van der Waals surface area contributed by atoms with E-state index < -0.39 is 0 Å². The molecular weight excluding hydrogens is 334 g/mol. The Morgan fingerprint density at radius 2 is 1.30 bits per heavy atom. The van der Waals surface area contributed by atoms with E-state index in [1.807, 2.05) is 11.3 Å². The fourth-order valence-corrected chi connectivity index (χ4v) is 13.1. The first-order valence-electron chi connectivity index (χ1n) is 9.14. The first kappa shape index (κ1) is 16.5. The number of benzene rings is 1. The summed E-state index contributed by atoms with van der Waals surface area (Å²) in [6.07, 6.45) is 5.75. The number of fused-ring (bicyclic) bond motifs is 1. The van der Waals surface area contributed by atoms with Crippen LogP contribution < -0.4 is 10.6 Å². The van der Waals surface area contributed by atoms with Gasteiger partial charge in [-0.15, -0.1) is 11.3 Å². The molecule has 124 valence electrons. The number of thiophene rings is 1. The Kier molecular flexibility index (Phi) is 4.59. The minimum Gasteiger partial charge on any atom is -0.143 e. The van der Waals surface area contributed by atoms with Gasteiger partial charge in [-0.2, -0.15) is 0 Å². The maximum Gasteiger partial charge on any atom is 0.0355 e. The van der Waals surface area contributed by atoms with E-state index in [9.17, 15) is 0 Å². The van der Waals surface area contributed by atoms with Gasteiger partial charge in [0.05, 0.1) is 0 Å². The highest BCUT2D eigenvalue weighted by atomic mass is 32.1. The van der Waals surface area contributed by atoms with Crippen molar-refractivity contribution in [2.45, 2.75) is 76.0 Å². The summed E-state index contributed by atoms with van der Waals surface area (Å²) >= 11 is 2.01. The molecule has 0 amide bonds. The molecule has 0 aliphatic carbocycles. The Bertz CT molecular complexity index is 687. The topological polar surface area (TPSA) is 0 Å². The molecule has 0 nitrogen and oxygen atoms in total. The van der Waals surface area contributed by atoms with Crippen LogP contribution in [0.5, 0.6) is 0 Å². The molecule has 2 fully saturated rings. The molecule has 2 saturated heterocycles. The van der Waals surface area contributed by atoms with Crippen molar-refractivity contribution >= 4 is 47.9 Å². The molecular formula is C20H28P2S. The van der Waals surface area contributed by atoms with Gasteiger partial charge < -0.3 is 0 Å². The average molecular weight is 362 g/mol. The fourth-order valence-electron chi connectivity index (χ4n) is 4.80. The number of rotatable bonds is 2. The van der Waals surface area contributed by atoms with E-state index in [0.717, 1.165) is 22.6 Å². The zero-order chi connectivity index (χ0) is 16.1. The molecule has 23 heavy (non-hydrogen) atoms. The maximum absolute atomic E-state index is 2.54. The van der Waals surface area contributed by atoms with Crippen molar-refractivity contribution in [2.75, 3.05) is 0 Å². The Hall–Kier alpha value is 0.0400. The van der Waals surface area contributed by atoms with E-state index in [0.29, 0.717) is 0 Å². The van der Waals surface area contributed by atoms with Gasteiger partial charge in [0.2, 0.25) is 0 Å². The minimum absolute atomic E-state index is 0.0212. The number of hydrogen-bond donors (Lipinski definition) is 0. The minimum atomic E-state index is 0.0212. The Morgan fingerprint density at radius 3 is 1.87 bits per heavy atom. The van der Waals surface area contributed by atoms with Crippen molar-refractivity contribution in [2.24, 2.45) is 0 Å². The van der Waals surface area contributed by atoms with Crippen LogP contribution >= 0.6 is 27.2 Å². The first-order valence-corrected chi connectivity index (χ1v) is 13.0. The molecule has 0 spiro atoms. The van der Waals surface area contributed by atoms with Crippen LogP contribution in [0.15, 0.2) is 23.6 Å². The van der Waals surface area contributed by atoms with Crippen molar-refractivity contribution in [3.8, 4) is 0 Å². The molecule has 4 rings (SSSR count). The van der Waals surface area contributed by atoms with Crippen molar-refractivity contribution in [1.29, 1.82) is 0 Å². The molecule has 4 atom stereocenters. The number of hydrogen-bond acceptors (Lipinski definition) is 1. The van der Waals surface area contributed by atoms with Crippen LogP contribution in [0.2, 0.25) is 0 Å². The van der Waals surface area contributed by atoms with Gasteiger partial charge in [-0.1, -0.05) is 55.7 Å². The van der Waals surface area contributed by atoms with Gasteiger partial charge in [-0.25, -0.2) is 0 Å². The smallest absolute Gasteiger partial charge is 0.0355 e. The molecule has 2 aliphatic rings. The lowest BCUT2D eigenvalue weighted by atomic mass is 10.2. The van der Waals surface area contributed by atoms with Gasteiger partial charge in [0.15, 0.2) is 0 Å². The summed E-state index contributed by atoms with van der Waals surface area (Å²) in [4.78, 5) is 0.